The zero-order valence-corrected chi connectivity index (χ0v) is 14.4. The van der Waals surface area contributed by atoms with Crippen LogP contribution in [-0.4, -0.2) is 17.0 Å². The average molecular weight is 380 g/mol. The Balaban J connectivity index is 2.23. The Morgan fingerprint density at radius 3 is 2.65 bits per heavy atom. The minimum atomic E-state index is -1.13. The Kier molecular flexibility index (Phi) is 5.98. The Morgan fingerprint density at radius 2 is 2.00 bits per heavy atom. The third kappa shape index (κ3) is 4.69. The van der Waals surface area contributed by atoms with E-state index in [0.29, 0.717) is 23.4 Å². The van der Waals surface area contributed by atoms with E-state index in [1.807, 2.05) is 6.07 Å². The molecule has 1 heterocycles. The van der Waals surface area contributed by atoms with Gasteiger partial charge in [0.05, 0.1) is 5.69 Å². The van der Waals surface area contributed by atoms with Gasteiger partial charge in [0.2, 0.25) is 11.7 Å². The maximum absolute atomic E-state index is 12.0. The standard InChI is InChI=1S/C17H18BrNO4/c1-2-3-4-5-16(20)19-13-10-11(18)6-7-12(13)14-8-9-15(23-14)17(21)22/h6-10H,2-5H2,1H3,(H,19,20)(H,21,22). The Morgan fingerprint density at radius 1 is 1.22 bits per heavy atom. The van der Waals surface area contributed by atoms with Gasteiger partial charge in [-0.25, -0.2) is 4.79 Å². The smallest absolute Gasteiger partial charge is 0.371 e. The summed E-state index contributed by atoms with van der Waals surface area (Å²) < 4.78 is 6.14. The molecule has 0 bridgehead atoms. The molecule has 122 valence electrons. The lowest BCUT2D eigenvalue weighted by Gasteiger charge is -2.10. The van der Waals surface area contributed by atoms with E-state index in [9.17, 15) is 9.59 Å². The number of rotatable bonds is 7. The van der Waals surface area contributed by atoms with Gasteiger partial charge in [-0.05, 0) is 36.8 Å². The predicted octanol–water partition coefficient (Wildman–Crippen LogP) is 4.93. The summed E-state index contributed by atoms with van der Waals surface area (Å²) in [6.45, 7) is 2.08. The quantitative estimate of drug-likeness (QED) is 0.668. The van der Waals surface area contributed by atoms with E-state index in [1.165, 1.54) is 6.07 Å². The number of furan rings is 1. The number of unbranched alkanes of at least 4 members (excludes halogenated alkanes) is 2. The van der Waals surface area contributed by atoms with Crippen molar-refractivity contribution in [2.24, 2.45) is 0 Å². The van der Waals surface area contributed by atoms with Gasteiger partial charge in [-0.2, -0.15) is 0 Å². The molecule has 6 heteroatoms. The van der Waals surface area contributed by atoms with Crippen LogP contribution < -0.4 is 5.32 Å². The second-order valence-electron chi connectivity index (χ2n) is 5.16. The fraction of sp³-hybridized carbons (Fsp3) is 0.294. The Labute approximate surface area is 142 Å². The molecule has 5 nitrogen and oxygen atoms in total. The number of halogens is 1. The van der Waals surface area contributed by atoms with E-state index < -0.39 is 5.97 Å². The lowest BCUT2D eigenvalue weighted by molar-refractivity contribution is -0.116. The van der Waals surface area contributed by atoms with Gasteiger partial charge in [-0.1, -0.05) is 35.7 Å². The molecule has 0 unspecified atom stereocenters. The summed E-state index contributed by atoms with van der Waals surface area (Å²) in [6.07, 6.45) is 3.37. The van der Waals surface area contributed by atoms with E-state index in [2.05, 4.69) is 28.2 Å². The fourth-order valence-electron chi connectivity index (χ4n) is 2.18. The number of carbonyl (C=O) groups excluding carboxylic acids is 1. The van der Waals surface area contributed by atoms with Gasteiger partial charge in [-0.3, -0.25) is 4.79 Å². The third-order valence-corrected chi connectivity index (χ3v) is 3.84. The summed E-state index contributed by atoms with van der Waals surface area (Å²) in [4.78, 5) is 23.0. The first-order chi connectivity index (χ1) is 11.0. The monoisotopic (exact) mass is 379 g/mol. The van der Waals surface area contributed by atoms with Crippen LogP contribution in [0.1, 0.15) is 43.2 Å². The zero-order valence-electron chi connectivity index (χ0n) is 12.8. The number of aromatic carboxylic acids is 1. The molecule has 0 radical (unpaired) electrons. The van der Waals surface area contributed by atoms with Crippen molar-refractivity contribution in [3.05, 3.63) is 40.6 Å². The van der Waals surface area contributed by atoms with Crippen LogP contribution in [0.3, 0.4) is 0 Å². The van der Waals surface area contributed by atoms with Crippen molar-refractivity contribution in [2.75, 3.05) is 5.32 Å². The number of hydrogen-bond donors (Lipinski definition) is 2. The Bertz CT molecular complexity index is 708. The lowest BCUT2D eigenvalue weighted by Crippen LogP contribution is -2.11. The number of amides is 1. The number of carboxylic acids is 1. The highest BCUT2D eigenvalue weighted by molar-refractivity contribution is 9.10. The maximum atomic E-state index is 12.0. The van der Waals surface area contributed by atoms with Crippen LogP contribution in [-0.2, 0) is 4.79 Å². The molecule has 1 amide bonds. The number of nitrogens with one attached hydrogen (secondary N) is 1. The normalized spacial score (nSPS) is 10.5. The van der Waals surface area contributed by atoms with Crippen LogP contribution in [0.25, 0.3) is 11.3 Å². The number of hydrogen-bond acceptors (Lipinski definition) is 3. The van der Waals surface area contributed by atoms with Crippen LogP contribution >= 0.6 is 15.9 Å². The second-order valence-corrected chi connectivity index (χ2v) is 6.08. The van der Waals surface area contributed by atoms with E-state index in [4.69, 9.17) is 9.52 Å². The van der Waals surface area contributed by atoms with Crippen LogP contribution in [0.4, 0.5) is 5.69 Å². The molecular weight excluding hydrogens is 362 g/mol. The van der Waals surface area contributed by atoms with Crippen LogP contribution in [0.2, 0.25) is 0 Å². The molecule has 1 aromatic carbocycles. The highest BCUT2D eigenvalue weighted by atomic mass is 79.9. The van der Waals surface area contributed by atoms with Gasteiger partial charge in [0, 0.05) is 16.5 Å². The minimum Gasteiger partial charge on any atom is -0.475 e. The maximum Gasteiger partial charge on any atom is 0.371 e. The van der Waals surface area contributed by atoms with E-state index >= 15 is 0 Å². The summed E-state index contributed by atoms with van der Waals surface area (Å²) in [5.41, 5.74) is 1.23. The van der Waals surface area contributed by atoms with Crippen LogP contribution in [0.5, 0.6) is 0 Å². The highest BCUT2D eigenvalue weighted by Gasteiger charge is 2.15. The number of carboxylic acid groups (broad SMARTS) is 1. The van der Waals surface area contributed by atoms with Crippen LogP contribution in [0.15, 0.2) is 39.2 Å². The summed E-state index contributed by atoms with van der Waals surface area (Å²) in [6, 6.07) is 8.34. The highest BCUT2D eigenvalue weighted by Crippen LogP contribution is 2.32. The minimum absolute atomic E-state index is 0.0668. The van der Waals surface area contributed by atoms with E-state index in [0.717, 1.165) is 23.7 Å². The first-order valence-corrected chi connectivity index (χ1v) is 8.23. The van der Waals surface area contributed by atoms with Gasteiger partial charge in [-0.15, -0.1) is 0 Å². The summed E-state index contributed by atoms with van der Waals surface area (Å²) in [7, 11) is 0. The number of carbonyl (C=O) groups is 2. The van der Waals surface area contributed by atoms with E-state index in [1.54, 1.807) is 18.2 Å². The van der Waals surface area contributed by atoms with Gasteiger partial charge in [0.25, 0.3) is 0 Å². The van der Waals surface area contributed by atoms with E-state index in [-0.39, 0.29) is 11.7 Å². The van der Waals surface area contributed by atoms with Gasteiger partial charge in [0.1, 0.15) is 5.76 Å². The van der Waals surface area contributed by atoms with Gasteiger partial charge >= 0.3 is 5.97 Å². The number of benzene rings is 1. The van der Waals surface area contributed by atoms with Crippen molar-refractivity contribution in [2.45, 2.75) is 32.6 Å². The zero-order chi connectivity index (χ0) is 16.8. The molecule has 0 aliphatic rings. The third-order valence-electron chi connectivity index (χ3n) is 3.35. The van der Waals surface area contributed by atoms with Crippen molar-refractivity contribution in [3.63, 3.8) is 0 Å². The topological polar surface area (TPSA) is 79.5 Å². The molecule has 0 aliphatic heterocycles. The molecule has 23 heavy (non-hydrogen) atoms. The van der Waals surface area contributed by atoms with Crippen molar-refractivity contribution < 1.29 is 19.1 Å². The SMILES string of the molecule is CCCCCC(=O)Nc1cc(Br)ccc1-c1ccc(C(=O)O)o1. The van der Waals surface area contributed by atoms with Crippen molar-refractivity contribution >= 4 is 33.5 Å². The molecule has 0 saturated carbocycles. The molecule has 2 N–H and O–H groups in total. The molecule has 2 rings (SSSR count). The largest absolute Gasteiger partial charge is 0.475 e. The van der Waals surface area contributed by atoms with Crippen molar-refractivity contribution in [1.29, 1.82) is 0 Å². The van der Waals surface area contributed by atoms with Crippen molar-refractivity contribution in [3.8, 4) is 11.3 Å². The molecule has 0 aliphatic carbocycles. The summed E-state index contributed by atoms with van der Waals surface area (Å²) in [5.74, 6) is -0.928. The first-order valence-electron chi connectivity index (χ1n) is 7.44. The second kappa shape index (κ2) is 7.97. The molecule has 0 spiro atoms. The Hall–Kier alpha value is -2.08. The van der Waals surface area contributed by atoms with Gasteiger partial charge in [0.15, 0.2) is 0 Å². The lowest BCUT2D eigenvalue weighted by atomic mass is 10.1. The van der Waals surface area contributed by atoms with Crippen molar-refractivity contribution in [1.82, 2.24) is 0 Å². The van der Waals surface area contributed by atoms with Gasteiger partial charge < -0.3 is 14.8 Å². The molecular formula is C17H18BrNO4. The summed E-state index contributed by atoms with van der Waals surface area (Å²) >= 11 is 3.38. The molecule has 2 aromatic rings. The molecule has 0 atom stereocenters. The molecule has 0 fully saturated rings. The predicted molar refractivity (Wildman–Crippen MR) is 91.6 cm³/mol. The summed E-state index contributed by atoms with van der Waals surface area (Å²) in [5, 5.41) is 11.8. The van der Waals surface area contributed by atoms with Crippen LogP contribution in [0, 0.1) is 0 Å². The first kappa shape index (κ1) is 17.3. The molecule has 1 aromatic heterocycles. The fourth-order valence-corrected chi connectivity index (χ4v) is 2.54. The number of anilines is 1. The molecule has 0 saturated heterocycles. The average Bonchev–Trinajstić information content (AvgIpc) is 2.97.